The number of nitrogens with one attached hydrogen (secondary N) is 1. The minimum Gasteiger partial charge on any atom is -0.497 e. The molecule has 2 amide bonds. The molecular weight excluding hydrogens is 378 g/mol. The Morgan fingerprint density at radius 3 is 2.89 bits per heavy atom. The highest BCUT2D eigenvalue weighted by molar-refractivity contribution is 7.19. The van der Waals surface area contributed by atoms with Crippen LogP contribution in [-0.4, -0.2) is 48.8 Å². The third-order valence-electron chi connectivity index (χ3n) is 5.11. The average molecular weight is 401 g/mol. The number of aromatic nitrogens is 2. The molecule has 2 saturated heterocycles. The number of nitrogens with zero attached hydrogens (tertiary/aromatic N) is 4. The summed E-state index contributed by atoms with van der Waals surface area (Å²) in [6.45, 7) is 2.14. The first kappa shape index (κ1) is 18.7. The maximum absolute atomic E-state index is 12.7. The van der Waals surface area contributed by atoms with Gasteiger partial charge in [-0.3, -0.25) is 14.5 Å². The van der Waals surface area contributed by atoms with Crippen molar-refractivity contribution in [3.8, 4) is 5.75 Å². The van der Waals surface area contributed by atoms with Crippen LogP contribution in [0.2, 0.25) is 0 Å². The second kappa shape index (κ2) is 8.14. The highest BCUT2D eigenvalue weighted by Crippen LogP contribution is 2.32. The van der Waals surface area contributed by atoms with Crippen molar-refractivity contribution in [2.75, 3.05) is 41.9 Å². The number of amides is 2. The number of rotatable bonds is 5. The number of carbonyl (C=O) groups is 2. The van der Waals surface area contributed by atoms with Crippen molar-refractivity contribution >= 4 is 39.1 Å². The first-order chi connectivity index (χ1) is 13.6. The number of carbonyl (C=O) groups excluding carboxylic acids is 2. The van der Waals surface area contributed by atoms with Gasteiger partial charge in [-0.2, -0.15) is 0 Å². The highest BCUT2D eigenvalue weighted by Gasteiger charge is 2.30. The third-order valence-corrected chi connectivity index (χ3v) is 6.11. The maximum Gasteiger partial charge on any atom is 0.229 e. The van der Waals surface area contributed by atoms with Crippen LogP contribution >= 0.6 is 11.3 Å². The molecule has 1 atom stereocenters. The van der Waals surface area contributed by atoms with Crippen LogP contribution in [0.25, 0.3) is 0 Å². The first-order valence-corrected chi connectivity index (χ1v) is 10.3. The Kier molecular flexibility index (Phi) is 5.43. The lowest BCUT2D eigenvalue weighted by atomic mass is 9.97. The van der Waals surface area contributed by atoms with Gasteiger partial charge in [-0.25, -0.2) is 0 Å². The molecule has 0 aliphatic carbocycles. The van der Waals surface area contributed by atoms with Gasteiger partial charge in [0.2, 0.25) is 22.1 Å². The van der Waals surface area contributed by atoms with Gasteiger partial charge in [0.15, 0.2) is 0 Å². The molecule has 1 N–H and O–H groups in total. The van der Waals surface area contributed by atoms with Crippen LogP contribution in [0.5, 0.6) is 5.75 Å². The molecule has 1 aromatic heterocycles. The second-order valence-corrected chi connectivity index (χ2v) is 7.96. The number of hydrogen-bond acceptors (Lipinski definition) is 7. The second-order valence-electron chi connectivity index (χ2n) is 7.02. The zero-order chi connectivity index (χ0) is 19.5. The van der Waals surface area contributed by atoms with E-state index in [1.54, 1.807) is 12.0 Å². The largest absolute Gasteiger partial charge is 0.497 e. The van der Waals surface area contributed by atoms with Crippen molar-refractivity contribution in [2.45, 2.75) is 25.7 Å². The Labute approximate surface area is 167 Å². The molecule has 2 fully saturated rings. The predicted octanol–water partition coefficient (Wildman–Crippen LogP) is 2.53. The Hall–Kier alpha value is -2.68. The minimum absolute atomic E-state index is 0.00240. The predicted molar refractivity (Wildman–Crippen MR) is 108 cm³/mol. The summed E-state index contributed by atoms with van der Waals surface area (Å²) in [5.74, 6) is 0.691. The van der Waals surface area contributed by atoms with Gasteiger partial charge in [-0.05, 0) is 31.4 Å². The van der Waals surface area contributed by atoms with E-state index in [1.807, 2.05) is 24.3 Å². The van der Waals surface area contributed by atoms with E-state index in [4.69, 9.17) is 4.74 Å². The molecule has 1 aromatic carbocycles. The number of piperidine rings is 1. The molecule has 0 saturated carbocycles. The van der Waals surface area contributed by atoms with Crippen molar-refractivity contribution in [2.24, 2.45) is 5.92 Å². The van der Waals surface area contributed by atoms with Gasteiger partial charge in [0.05, 0.1) is 13.0 Å². The molecule has 8 nitrogen and oxygen atoms in total. The van der Waals surface area contributed by atoms with Gasteiger partial charge in [-0.15, -0.1) is 10.2 Å². The quantitative estimate of drug-likeness (QED) is 0.828. The number of ether oxygens (including phenoxy) is 1. The number of anilines is 3. The van der Waals surface area contributed by atoms with Gasteiger partial charge in [0, 0.05) is 37.8 Å². The zero-order valence-corrected chi connectivity index (χ0v) is 16.6. The Balaban J connectivity index is 1.40. The van der Waals surface area contributed by atoms with E-state index in [0.29, 0.717) is 30.4 Å². The van der Waals surface area contributed by atoms with Gasteiger partial charge in [-0.1, -0.05) is 17.4 Å². The molecule has 0 spiro atoms. The Morgan fingerprint density at radius 2 is 2.11 bits per heavy atom. The van der Waals surface area contributed by atoms with Crippen molar-refractivity contribution in [1.29, 1.82) is 0 Å². The van der Waals surface area contributed by atoms with Crippen molar-refractivity contribution in [3.63, 3.8) is 0 Å². The van der Waals surface area contributed by atoms with Gasteiger partial charge in [0.25, 0.3) is 0 Å². The van der Waals surface area contributed by atoms with Crippen LogP contribution in [-0.2, 0) is 9.59 Å². The minimum atomic E-state index is -0.124. The fourth-order valence-corrected chi connectivity index (χ4v) is 4.53. The lowest BCUT2D eigenvalue weighted by Gasteiger charge is -2.31. The molecule has 0 unspecified atom stereocenters. The van der Waals surface area contributed by atoms with E-state index in [0.717, 1.165) is 36.6 Å². The molecule has 0 radical (unpaired) electrons. The van der Waals surface area contributed by atoms with E-state index in [2.05, 4.69) is 20.4 Å². The highest BCUT2D eigenvalue weighted by atomic mass is 32.1. The molecule has 9 heteroatoms. The lowest BCUT2D eigenvalue weighted by Crippen LogP contribution is -2.40. The summed E-state index contributed by atoms with van der Waals surface area (Å²) in [6.07, 6.45) is 3.19. The molecule has 2 aromatic rings. The van der Waals surface area contributed by atoms with Crippen LogP contribution in [0.3, 0.4) is 0 Å². The van der Waals surface area contributed by atoms with E-state index in [1.165, 1.54) is 11.3 Å². The average Bonchev–Trinajstić information content (AvgIpc) is 3.37. The van der Waals surface area contributed by atoms with E-state index in [9.17, 15) is 9.59 Å². The summed E-state index contributed by atoms with van der Waals surface area (Å²) in [7, 11) is 1.60. The van der Waals surface area contributed by atoms with Crippen LogP contribution < -0.4 is 19.9 Å². The number of benzene rings is 1. The molecule has 148 valence electrons. The maximum atomic E-state index is 12.7. The molecule has 2 aliphatic heterocycles. The molecule has 28 heavy (non-hydrogen) atoms. The number of methoxy groups -OCH3 is 1. The van der Waals surface area contributed by atoms with Crippen molar-refractivity contribution in [3.05, 3.63) is 24.3 Å². The molecule has 2 aliphatic rings. The fourth-order valence-electron chi connectivity index (χ4n) is 3.61. The summed E-state index contributed by atoms with van der Waals surface area (Å²) in [5, 5.41) is 12.9. The topological polar surface area (TPSA) is 87.7 Å². The lowest BCUT2D eigenvalue weighted by molar-refractivity contribution is -0.120. The Bertz CT molecular complexity index is 871. The molecular formula is C19H23N5O3S. The summed E-state index contributed by atoms with van der Waals surface area (Å²) in [5.41, 5.74) is 0.729. The van der Waals surface area contributed by atoms with Crippen molar-refractivity contribution < 1.29 is 14.3 Å². The van der Waals surface area contributed by atoms with E-state index >= 15 is 0 Å². The normalized spacial score (nSPS) is 19.8. The van der Waals surface area contributed by atoms with Crippen LogP contribution in [0.1, 0.15) is 25.7 Å². The van der Waals surface area contributed by atoms with E-state index in [-0.39, 0.29) is 17.7 Å². The number of hydrogen-bond donors (Lipinski definition) is 1. The standard InChI is InChI=1S/C19H23N5O3S/c1-27-15-7-2-6-14(11-15)20-17(26)13-5-3-9-23(12-13)18-21-22-19(28-18)24-10-4-8-16(24)25/h2,6-7,11,13H,3-5,8-10,12H2,1H3,(H,20,26)/t13-/m1/s1. The Morgan fingerprint density at radius 1 is 1.25 bits per heavy atom. The van der Waals surface area contributed by atoms with Crippen LogP contribution in [0, 0.1) is 5.92 Å². The third kappa shape index (κ3) is 3.94. The SMILES string of the molecule is COc1cccc(NC(=O)[C@@H]2CCCN(c3nnc(N4CCCC4=O)s3)C2)c1. The van der Waals surface area contributed by atoms with Gasteiger partial charge >= 0.3 is 0 Å². The van der Waals surface area contributed by atoms with Gasteiger partial charge < -0.3 is 15.0 Å². The monoisotopic (exact) mass is 401 g/mol. The zero-order valence-electron chi connectivity index (χ0n) is 15.8. The van der Waals surface area contributed by atoms with Crippen molar-refractivity contribution in [1.82, 2.24) is 10.2 Å². The molecule has 3 heterocycles. The summed E-state index contributed by atoms with van der Waals surface area (Å²) in [4.78, 5) is 28.5. The van der Waals surface area contributed by atoms with Crippen LogP contribution in [0.4, 0.5) is 16.0 Å². The smallest absolute Gasteiger partial charge is 0.229 e. The first-order valence-electron chi connectivity index (χ1n) is 9.48. The van der Waals surface area contributed by atoms with Gasteiger partial charge in [0.1, 0.15) is 5.75 Å². The summed E-state index contributed by atoms with van der Waals surface area (Å²) >= 11 is 1.42. The van der Waals surface area contributed by atoms with Crippen LogP contribution in [0.15, 0.2) is 24.3 Å². The molecule has 0 bridgehead atoms. The summed E-state index contributed by atoms with van der Waals surface area (Å²) in [6, 6.07) is 7.36. The molecule has 4 rings (SSSR count). The van der Waals surface area contributed by atoms with E-state index < -0.39 is 0 Å². The summed E-state index contributed by atoms with van der Waals surface area (Å²) < 4.78 is 5.21. The fraction of sp³-hybridized carbons (Fsp3) is 0.474.